The quantitative estimate of drug-likeness (QED) is 0.275. The molecule has 2 aliphatic rings. The smallest absolute Gasteiger partial charge is 0.124 e. The van der Waals surface area contributed by atoms with Gasteiger partial charge in [0.25, 0.3) is 0 Å². The summed E-state index contributed by atoms with van der Waals surface area (Å²) in [4.78, 5) is 0. The Hall–Kier alpha value is -0.240. The minimum Gasteiger partial charge on any atom is -0.387 e. The predicted molar refractivity (Wildman–Crippen MR) is 52.4 cm³/mol. The van der Waals surface area contributed by atoms with E-state index in [1.807, 2.05) is 0 Å². The van der Waals surface area contributed by atoms with Crippen LogP contribution in [0.1, 0.15) is 25.7 Å². The first-order chi connectivity index (χ1) is 7.34. The second-order valence-electron chi connectivity index (χ2n) is 4.93. The molecule has 6 nitrogen and oxygen atoms in total. The van der Waals surface area contributed by atoms with E-state index in [4.69, 9.17) is 0 Å². The third-order valence-corrected chi connectivity index (χ3v) is 4.09. The number of aliphatic hydroxyl groups excluding tert-OH is 4. The van der Waals surface area contributed by atoms with E-state index < -0.39 is 35.6 Å². The Morgan fingerprint density at radius 2 is 1.00 bits per heavy atom. The molecule has 6 heteroatoms. The van der Waals surface area contributed by atoms with Crippen LogP contribution in [0, 0.1) is 0 Å². The first-order valence-electron chi connectivity index (χ1n) is 5.51. The molecule has 94 valence electrons. The Morgan fingerprint density at radius 1 is 0.688 bits per heavy atom. The Labute approximate surface area is 92.8 Å². The average Bonchev–Trinajstić information content (AvgIpc) is 2.27. The van der Waals surface area contributed by atoms with Crippen molar-refractivity contribution in [3.8, 4) is 0 Å². The molecule has 2 rings (SSSR count). The van der Waals surface area contributed by atoms with Crippen molar-refractivity contribution in [3.63, 3.8) is 0 Å². The molecule has 0 unspecified atom stereocenters. The van der Waals surface area contributed by atoms with Gasteiger partial charge < -0.3 is 30.6 Å². The van der Waals surface area contributed by atoms with E-state index in [-0.39, 0.29) is 12.8 Å². The maximum absolute atomic E-state index is 10.2. The summed E-state index contributed by atoms with van der Waals surface area (Å²) in [7, 11) is 0. The number of aliphatic hydroxyl groups is 6. The molecule has 0 amide bonds. The standard InChI is InChI=1S/C10H18O6/c11-5-6(12)8(14)10(16)4-2-1-3-9(10,15)7(5)13/h5-8,11-16H,1-4H2/t5-,6-,7-,8-,9+,10+/m0/s1. The summed E-state index contributed by atoms with van der Waals surface area (Å²) in [6.45, 7) is 0. The van der Waals surface area contributed by atoms with Crippen molar-refractivity contribution in [2.45, 2.75) is 61.3 Å². The highest BCUT2D eigenvalue weighted by Gasteiger charge is 2.66. The van der Waals surface area contributed by atoms with E-state index in [0.717, 1.165) is 0 Å². The lowest BCUT2D eigenvalue weighted by Gasteiger charge is -2.57. The predicted octanol–water partition coefficient (Wildman–Crippen LogP) is -2.52. The zero-order valence-corrected chi connectivity index (χ0v) is 8.82. The van der Waals surface area contributed by atoms with Gasteiger partial charge >= 0.3 is 0 Å². The molecule has 16 heavy (non-hydrogen) atoms. The van der Waals surface area contributed by atoms with Crippen LogP contribution in [0.15, 0.2) is 0 Å². The van der Waals surface area contributed by atoms with Gasteiger partial charge in [0, 0.05) is 0 Å². The lowest BCUT2D eigenvalue weighted by Crippen LogP contribution is -2.78. The number of rotatable bonds is 0. The summed E-state index contributed by atoms with van der Waals surface area (Å²) >= 11 is 0. The Kier molecular flexibility index (Phi) is 2.77. The molecule has 0 aromatic heterocycles. The highest BCUT2D eigenvalue weighted by Crippen LogP contribution is 2.47. The SMILES string of the molecule is O[C@H]1[C@H](O)[C@H](O)[C@]2(O)CCCC[C@@]2(O)[C@H]1O. The number of hydrogen-bond donors (Lipinski definition) is 6. The minimum absolute atomic E-state index is 0.0888. The van der Waals surface area contributed by atoms with Crippen molar-refractivity contribution >= 4 is 0 Å². The van der Waals surface area contributed by atoms with Gasteiger partial charge in [-0.15, -0.1) is 0 Å². The van der Waals surface area contributed by atoms with E-state index in [9.17, 15) is 30.6 Å². The van der Waals surface area contributed by atoms with Crippen LogP contribution in [0.3, 0.4) is 0 Å². The van der Waals surface area contributed by atoms with E-state index in [2.05, 4.69) is 0 Å². The third kappa shape index (κ3) is 1.28. The summed E-state index contributed by atoms with van der Waals surface area (Å²) in [5, 5.41) is 59.0. The van der Waals surface area contributed by atoms with Gasteiger partial charge in [-0.05, 0) is 12.8 Å². The summed E-state index contributed by atoms with van der Waals surface area (Å²) in [6, 6.07) is 0. The highest BCUT2D eigenvalue weighted by atomic mass is 16.4. The Balaban J connectivity index is 2.42. The summed E-state index contributed by atoms with van der Waals surface area (Å²) in [5.74, 6) is 0. The van der Waals surface area contributed by atoms with Crippen molar-refractivity contribution in [1.82, 2.24) is 0 Å². The van der Waals surface area contributed by atoms with Crippen molar-refractivity contribution in [2.24, 2.45) is 0 Å². The van der Waals surface area contributed by atoms with Crippen LogP contribution in [0.2, 0.25) is 0 Å². The van der Waals surface area contributed by atoms with Crippen molar-refractivity contribution < 1.29 is 30.6 Å². The van der Waals surface area contributed by atoms with Gasteiger partial charge in [0.2, 0.25) is 0 Å². The van der Waals surface area contributed by atoms with Crippen LogP contribution in [-0.4, -0.2) is 66.3 Å². The van der Waals surface area contributed by atoms with Gasteiger partial charge in [-0.1, -0.05) is 12.8 Å². The fourth-order valence-electron chi connectivity index (χ4n) is 2.97. The minimum atomic E-state index is -1.96. The molecule has 6 N–H and O–H groups in total. The van der Waals surface area contributed by atoms with Crippen LogP contribution < -0.4 is 0 Å². The molecule has 2 fully saturated rings. The fraction of sp³-hybridized carbons (Fsp3) is 1.00. The molecule has 0 bridgehead atoms. The van der Waals surface area contributed by atoms with Crippen LogP contribution in [0.25, 0.3) is 0 Å². The molecule has 0 heterocycles. The molecule has 0 spiro atoms. The highest BCUT2D eigenvalue weighted by molar-refractivity contribution is 5.18. The maximum atomic E-state index is 10.2. The van der Waals surface area contributed by atoms with Crippen molar-refractivity contribution in [1.29, 1.82) is 0 Å². The van der Waals surface area contributed by atoms with E-state index in [0.29, 0.717) is 12.8 Å². The molecule has 2 aliphatic carbocycles. The molecule has 0 aromatic carbocycles. The molecular weight excluding hydrogens is 216 g/mol. The van der Waals surface area contributed by atoms with E-state index in [1.54, 1.807) is 0 Å². The van der Waals surface area contributed by atoms with Gasteiger partial charge in [0.05, 0.1) is 0 Å². The second-order valence-corrected chi connectivity index (χ2v) is 4.93. The summed E-state index contributed by atoms with van der Waals surface area (Å²) < 4.78 is 0. The first-order valence-corrected chi connectivity index (χ1v) is 5.51. The zero-order valence-electron chi connectivity index (χ0n) is 8.82. The van der Waals surface area contributed by atoms with Gasteiger partial charge in [-0.3, -0.25) is 0 Å². The molecule has 0 aromatic rings. The molecule has 0 radical (unpaired) electrons. The number of fused-ring (bicyclic) bond motifs is 1. The fourth-order valence-corrected chi connectivity index (χ4v) is 2.97. The maximum Gasteiger partial charge on any atom is 0.124 e. The Bertz CT molecular complexity index is 256. The van der Waals surface area contributed by atoms with E-state index in [1.165, 1.54) is 0 Å². The monoisotopic (exact) mass is 234 g/mol. The van der Waals surface area contributed by atoms with Crippen LogP contribution in [-0.2, 0) is 0 Å². The second kappa shape index (κ2) is 3.63. The van der Waals surface area contributed by atoms with Crippen LogP contribution >= 0.6 is 0 Å². The topological polar surface area (TPSA) is 121 Å². The van der Waals surface area contributed by atoms with Gasteiger partial charge in [-0.2, -0.15) is 0 Å². The van der Waals surface area contributed by atoms with E-state index >= 15 is 0 Å². The zero-order chi connectivity index (χ0) is 12.1. The van der Waals surface area contributed by atoms with Crippen molar-refractivity contribution in [3.05, 3.63) is 0 Å². The molecule has 2 saturated carbocycles. The molecule has 0 saturated heterocycles. The molecule has 6 atom stereocenters. The van der Waals surface area contributed by atoms with Crippen LogP contribution in [0.4, 0.5) is 0 Å². The normalized spacial score (nSPS) is 58.1. The lowest BCUT2D eigenvalue weighted by atomic mass is 9.59. The molecular formula is C10H18O6. The Morgan fingerprint density at radius 3 is 1.31 bits per heavy atom. The van der Waals surface area contributed by atoms with Crippen molar-refractivity contribution in [2.75, 3.05) is 0 Å². The largest absolute Gasteiger partial charge is 0.387 e. The summed E-state index contributed by atoms with van der Waals surface area (Å²) in [5.41, 5.74) is -3.91. The summed E-state index contributed by atoms with van der Waals surface area (Å²) in [6.07, 6.45) is -5.27. The first kappa shape index (κ1) is 12.2. The number of hydrogen-bond acceptors (Lipinski definition) is 6. The van der Waals surface area contributed by atoms with Gasteiger partial charge in [-0.25, -0.2) is 0 Å². The lowest BCUT2D eigenvalue weighted by molar-refractivity contribution is -0.323. The van der Waals surface area contributed by atoms with Gasteiger partial charge in [0.15, 0.2) is 0 Å². The van der Waals surface area contributed by atoms with Crippen LogP contribution in [0.5, 0.6) is 0 Å². The van der Waals surface area contributed by atoms with Gasteiger partial charge in [0.1, 0.15) is 35.6 Å². The average molecular weight is 234 g/mol. The third-order valence-electron chi connectivity index (χ3n) is 4.09. The molecule has 0 aliphatic heterocycles.